The summed E-state index contributed by atoms with van der Waals surface area (Å²) in [5.41, 5.74) is 0.488. The van der Waals surface area contributed by atoms with E-state index in [1.165, 1.54) is 12.8 Å². The maximum atomic E-state index is 12.6. The highest BCUT2D eigenvalue weighted by molar-refractivity contribution is 5.93. The van der Waals surface area contributed by atoms with Crippen LogP contribution in [-0.4, -0.2) is 50.9 Å². The first-order valence-corrected chi connectivity index (χ1v) is 7.13. The lowest BCUT2D eigenvalue weighted by Crippen LogP contribution is -2.41. The lowest BCUT2D eigenvalue weighted by Gasteiger charge is -2.24. The zero-order valence-corrected chi connectivity index (χ0v) is 12.4. The van der Waals surface area contributed by atoms with Gasteiger partial charge in [-0.3, -0.25) is 9.20 Å². The Kier molecular flexibility index (Phi) is 3.82. The molecule has 0 spiro atoms. The molecule has 2 aliphatic rings. The molecule has 2 saturated heterocycles. The van der Waals surface area contributed by atoms with Gasteiger partial charge in [0.05, 0.1) is 0 Å². The molecule has 0 radical (unpaired) electrons. The van der Waals surface area contributed by atoms with Crippen molar-refractivity contribution in [2.24, 2.45) is 5.92 Å². The molecule has 0 unspecified atom stereocenters. The molecule has 0 saturated carbocycles. The highest BCUT2D eigenvalue weighted by Gasteiger charge is 2.37. The molecule has 0 aliphatic carbocycles. The summed E-state index contributed by atoms with van der Waals surface area (Å²) in [4.78, 5) is 22.9. The number of carbonyl (C=O) groups excluding carboxylic acids is 1. The van der Waals surface area contributed by atoms with Crippen LogP contribution in [0.3, 0.4) is 0 Å². The number of rotatable bonds is 1. The molecule has 2 aromatic rings. The minimum absolute atomic E-state index is 0. The highest BCUT2D eigenvalue weighted by Crippen LogP contribution is 2.25. The van der Waals surface area contributed by atoms with Gasteiger partial charge in [-0.05, 0) is 31.4 Å². The van der Waals surface area contributed by atoms with Crippen molar-refractivity contribution in [3.63, 3.8) is 0 Å². The molecule has 2 aliphatic heterocycles. The molecular weight excluding hydrogens is 290 g/mol. The zero-order valence-electron chi connectivity index (χ0n) is 11.6. The van der Waals surface area contributed by atoms with E-state index >= 15 is 0 Å². The van der Waals surface area contributed by atoms with Gasteiger partial charge in [0.15, 0.2) is 0 Å². The monoisotopic (exact) mass is 307 g/mol. The van der Waals surface area contributed by atoms with Crippen molar-refractivity contribution < 1.29 is 4.79 Å². The second-order valence-corrected chi connectivity index (χ2v) is 5.63. The van der Waals surface area contributed by atoms with Gasteiger partial charge < -0.3 is 10.2 Å². The second kappa shape index (κ2) is 5.61. The SMILES string of the molecule is Cl.O=C(c1cn2cccnc2n1)N1C[C@@H]2CCCN[C@@H]2C1. The normalized spacial score (nSPS) is 24.7. The number of halogens is 1. The van der Waals surface area contributed by atoms with Crippen molar-refractivity contribution in [3.05, 3.63) is 30.4 Å². The Bertz CT molecular complexity index is 611. The Morgan fingerprint density at radius 2 is 2.29 bits per heavy atom. The number of likely N-dealkylation sites (tertiary alicyclic amines) is 1. The van der Waals surface area contributed by atoms with E-state index < -0.39 is 0 Å². The van der Waals surface area contributed by atoms with Gasteiger partial charge in [0, 0.05) is 37.7 Å². The van der Waals surface area contributed by atoms with Crippen LogP contribution in [0.5, 0.6) is 0 Å². The number of imidazole rings is 1. The van der Waals surface area contributed by atoms with Crippen molar-refractivity contribution >= 4 is 24.1 Å². The number of aromatic nitrogens is 3. The van der Waals surface area contributed by atoms with Gasteiger partial charge in [0.2, 0.25) is 5.78 Å². The second-order valence-electron chi connectivity index (χ2n) is 5.63. The third-order valence-corrected chi connectivity index (χ3v) is 4.34. The van der Waals surface area contributed by atoms with Crippen molar-refractivity contribution in [3.8, 4) is 0 Å². The summed E-state index contributed by atoms with van der Waals surface area (Å²) in [5.74, 6) is 1.19. The summed E-state index contributed by atoms with van der Waals surface area (Å²) in [6.45, 7) is 2.71. The Hall–Kier alpha value is -1.66. The first-order chi connectivity index (χ1) is 9.81. The minimum Gasteiger partial charge on any atom is -0.335 e. The van der Waals surface area contributed by atoms with E-state index in [0.717, 1.165) is 19.6 Å². The van der Waals surface area contributed by atoms with Gasteiger partial charge in [-0.2, -0.15) is 0 Å². The van der Waals surface area contributed by atoms with Crippen LogP contribution in [0.1, 0.15) is 23.3 Å². The molecule has 7 heteroatoms. The first kappa shape index (κ1) is 14.3. The number of fused-ring (bicyclic) bond motifs is 2. The van der Waals surface area contributed by atoms with Gasteiger partial charge in [0.1, 0.15) is 5.69 Å². The highest BCUT2D eigenvalue weighted by atomic mass is 35.5. The van der Waals surface area contributed by atoms with E-state index in [4.69, 9.17) is 0 Å². The summed E-state index contributed by atoms with van der Waals surface area (Å²) in [7, 11) is 0. The summed E-state index contributed by atoms with van der Waals surface area (Å²) in [6, 6.07) is 2.29. The largest absolute Gasteiger partial charge is 0.335 e. The third kappa shape index (κ3) is 2.49. The molecule has 2 atom stereocenters. The molecule has 2 fully saturated rings. The maximum absolute atomic E-state index is 12.6. The fourth-order valence-electron chi connectivity index (χ4n) is 3.31. The molecule has 6 nitrogen and oxygen atoms in total. The van der Waals surface area contributed by atoms with E-state index in [9.17, 15) is 4.79 Å². The molecule has 4 rings (SSSR count). The summed E-state index contributed by atoms with van der Waals surface area (Å²) in [5, 5.41) is 3.51. The number of nitrogens with zero attached hydrogens (tertiary/aromatic N) is 4. The Labute approximate surface area is 129 Å². The molecule has 2 aromatic heterocycles. The number of piperidine rings is 1. The van der Waals surface area contributed by atoms with E-state index in [-0.39, 0.29) is 18.3 Å². The van der Waals surface area contributed by atoms with Crippen LogP contribution in [0.2, 0.25) is 0 Å². The van der Waals surface area contributed by atoms with E-state index in [0.29, 0.717) is 23.4 Å². The predicted octanol–water partition coefficient (Wildman–Crippen LogP) is 0.975. The quantitative estimate of drug-likeness (QED) is 0.853. The minimum atomic E-state index is 0. The molecule has 1 N–H and O–H groups in total. The van der Waals surface area contributed by atoms with Crippen LogP contribution >= 0.6 is 12.4 Å². The molecule has 1 amide bonds. The average molecular weight is 308 g/mol. The summed E-state index contributed by atoms with van der Waals surface area (Å²) in [6.07, 6.45) is 7.73. The number of carbonyl (C=O) groups is 1. The molecule has 0 aromatic carbocycles. The standard InChI is InChI=1S/C14H17N5O.ClH/c20-13(12-9-18-6-2-5-16-14(18)17-12)19-7-10-3-1-4-15-11(10)8-19;/h2,5-6,9-11,15H,1,3-4,7-8H2;1H/t10-,11+;/m0./s1. The Balaban J connectivity index is 0.00000132. The first-order valence-electron chi connectivity index (χ1n) is 7.13. The van der Waals surface area contributed by atoms with Crippen LogP contribution in [0.15, 0.2) is 24.7 Å². The van der Waals surface area contributed by atoms with Crippen molar-refractivity contribution in [1.29, 1.82) is 0 Å². The fraction of sp³-hybridized carbons (Fsp3) is 0.500. The van der Waals surface area contributed by atoms with E-state index in [1.807, 2.05) is 17.2 Å². The molecule has 21 heavy (non-hydrogen) atoms. The number of hydrogen-bond acceptors (Lipinski definition) is 4. The summed E-state index contributed by atoms with van der Waals surface area (Å²) >= 11 is 0. The van der Waals surface area contributed by atoms with Gasteiger partial charge in [0.25, 0.3) is 5.91 Å². The smallest absolute Gasteiger partial charge is 0.274 e. The van der Waals surface area contributed by atoms with E-state index in [2.05, 4.69) is 15.3 Å². The average Bonchev–Trinajstić information content (AvgIpc) is 3.10. The Morgan fingerprint density at radius 1 is 1.38 bits per heavy atom. The Morgan fingerprint density at radius 3 is 3.10 bits per heavy atom. The number of nitrogens with one attached hydrogen (secondary N) is 1. The number of hydrogen-bond donors (Lipinski definition) is 1. The number of amides is 1. The predicted molar refractivity (Wildman–Crippen MR) is 80.7 cm³/mol. The van der Waals surface area contributed by atoms with Gasteiger partial charge >= 0.3 is 0 Å². The zero-order chi connectivity index (χ0) is 13.5. The van der Waals surface area contributed by atoms with Crippen molar-refractivity contribution in [2.75, 3.05) is 19.6 Å². The van der Waals surface area contributed by atoms with Gasteiger partial charge in [-0.1, -0.05) is 0 Å². The lowest BCUT2D eigenvalue weighted by molar-refractivity contribution is 0.0780. The molecule has 112 valence electrons. The van der Waals surface area contributed by atoms with Crippen LogP contribution in [0, 0.1) is 5.92 Å². The van der Waals surface area contributed by atoms with Crippen molar-refractivity contribution in [2.45, 2.75) is 18.9 Å². The molecule has 4 heterocycles. The van der Waals surface area contributed by atoms with Crippen molar-refractivity contribution in [1.82, 2.24) is 24.6 Å². The fourth-order valence-corrected chi connectivity index (χ4v) is 3.31. The van der Waals surface area contributed by atoms with Gasteiger partial charge in [-0.15, -0.1) is 12.4 Å². The van der Waals surface area contributed by atoms with Crippen LogP contribution in [0.25, 0.3) is 5.78 Å². The lowest BCUT2D eigenvalue weighted by atomic mass is 9.94. The van der Waals surface area contributed by atoms with Crippen LogP contribution in [0.4, 0.5) is 0 Å². The molecular formula is C14H18ClN5O. The van der Waals surface area contributed by atoms with Crippen LogP contribution in [-0.2, 0) is 0 Å². The van der Waals surface area contributed by atoms with E-state index in [1.54, 1.807) is 16.8 Å². The topological polar surface area (TPSA) is 62.5 Å². The summed E-state index contributed by atoms with van der Waals surface area (Å²) < 4.78 is 1.79. The maximum Gasteiger partial charge on any atom is 0.274 e. The van der Waals surface area contributed by atoms with Gasteiger partial charge in [-0.25, -0.2) is 9.97 Å². The third-order valence-electron chi connectivity index (χ3n) is 4.34. The van der Waals surface area contributed by atoms with Crippen LogP contribution < -0.4 is 5.32 Å². The molecule has 0 bridgehead atoms.